The molecule has 0 bridgehead atoms. The standard InChI is InChI=1S/C28H22F3N3O3S/c29-23-5-1-21(2-6-23)18-34(19-22-4-7-24(30)17-27(22)31)38(36,37)26-10-8-25(9-11-26)33-28(35)12-3-20-13-15-32-16-14-20/h1-17H,18-19H2,(H,33,35)/b12-3+. The van der Waals surface area contributed by atoms with Crippen LogP contribution >= 0.6 is 0 Å². The molecule has 0 radical (unpaired) electrons. The van der Waals surface area contributed by atoms with E-state index < -0.39 is 33.4 Å². The fourth-order valence-corrected chi connectivity index (χ4v) is 4.96. The van der Waals surface area contributed by atoms with Crippen LogP contribution in [0.2, 0.25) is 0 Å². The van der Waals surface area contributed by atoms with Crippen LogP contribution in [-0.2, 0) is 27.9 Å². The summed E-state index contributed by atoms with van der Waals surface area (Å²) in [5, 5.41) is 2.65. The van der Waals surface area contributed by atoms with E-state index in [9.17, 15) is 26.4 Å². The summed E-state index contributed by atoms with van der Waals surface area (Å²) in [6, 6.07) is 17.1. The quantitative estimate of drug-likeness (QED) is 0.284. The zero-order chi connectivity index (χ0) is 27.1. The minimum Gasteiger partial charge on any atom is -0.323 e. The van der Waals surface area contributed by atoms with Gasteiger partial charge in [-0.15, -0.1) is 0 Å². The van der Waals surface area contributed by atoms with E-state index in [0.29, 0.717) is 17.3 Å². The molecule has 1 amide bonds. The number of hydrogen-bond donors (Lipinski definition) is 1. The van der Waals surface area contributed by atoms with Gasteiger partial charge in [0.05, 0.1) is 4.90 Å². The number of nitrogens with one attached hydrogen (secondary N) is 1. The van der Waals surface area contributed by atoms with Crippen molar-refractivity contribution in [2.45, 2.75) is 18.0 Å². The zero-order valence-corrected chi connectivity index (χ0v) is 20.7. The molecule has 0 saturated heterocycles. The Morgan fingerprint density at radius 3 is 2.16 bits per heavy atom. The molecule has 10 heteroatoms. The van der Waals surface area contributed by atoms with Gasteiger partial charge >= 0.3 is 0 Å². The lowest BCUT2D eigenvalue weighted by Crippen LogP contribution is -2.30. The number of hydrogen-bond acceptors (Lipinski definition) is 4. The smallest absolute Gasteiger partial charge is 0.248 e. The van der Waals surface area contributed by atoms with Gasteiger partial charge in [-0.25, -0.2) is 21.6 Å². The van der Waals surface area contributed by atoms with E-state index in [1.165, 1.54) is 60.7 Å². The second-order valence-electron chi connectivity index (χ2n) is 8.26. The van der Waals surface area contributed by atoms with Crippen molar-refractivity contribution in [3.8, 4) is 0 Å². The van der Waals surface area contributed by atoms with E-state index in [2.05, 4.69) is 10.3 Å². The summed E-state index contributed by atoms with van der Waals surface area (Å²) in [6.45, 7) is -0.568. The third-order valence-corrected chi connectivity index (χ3v) is 7.33. The van der Waals surface area contributed by atoms with Gasteiger partial charge in [0.1, 0.15) is 17.5 Å². The Bertz CT molecular complexity index is 1540. The largest absolute Gasteiger partial charge is 0.323 e. The van der Waals surface area contributed by atoms with Crippen molar-refractivity contribution in [3.63, 3.8) is 0 Å². The van der Waals surface area contributed by atoms with Crippen molar-refractivity contribution >= 4 is 27.7 Å². The Labute approximate surface area is 218 Å². The minimum absolute atomic E-state index is 0.0260. The lowest BCUT2D eigenvalue weighted by molar-refractivity contribution is -0.111. The molecule has 4 aromatic rings. The molecule has 0 aliphatic heterocycles. The van der Waals surface area contributed by atoms with Gasteiger partial charge in [0, 0.05) is 48.9 Å². The number of sulfonamides is 1. The Hall–Kier alpha value is -4.28. The van der Waals surface area contributed by atoms with Gasteiger partial charge in [0.25, 0.3) is 0 Å². The number of rotatable bonds is 9. The monoisotopic (exact) mass is 537 g/mol. The fourth-order valence-electron chi connectivity index (χ4n) is 3.55. The summed E-state index contributed by atoms with van der Waals surface area (Å²) in [6.07, 6.45) is 6.14. The maximum atomic E-state index is 14.4. The first-order valence-corrected chi connectivity index (χ1v) is 12.8. The van der Waals surface area contributed by atoms with E-state index in [-0.39, 0.29) is 23.5 Å². The van der Waals surface area contributed by atoms with Crippen LogP contribution in [0.25, 0.3) is 6.08 Å². The maximum Gasteiger partial charge on any atom is 0.248 e. The number of aromatic nitrogens is 1. The molecule has 0 unspecified atom stereocenters. The highest BCUT2D eigenvalue weighted by Gasteiger charge is 2.26. The topological polar surface area (TPSA) is 79.4 Å². The lowest BCUT2D eigenvalue weighted by atomic mass is 10.2. The fraction of sp³-hybridized carbons (Fsp3) is 0.0714. The Morgan fingerprint density at radius 2 is 1.50 bits per heavy atom. The van der Waals surface area contributed by atoms with Crippen LogP contribution in [0.4, 0.5) is 18.9 Å². The normalized spacial score (nSPS) is 11.7. The number of halogens is 3. The van der Waals surface area contributed by atoms with Crippen molar-refractivity contribution < 1.29 is 26.4 Å². The summed E-state index contributed by atoms with van der Waals surface area (Å²) in [7, 11) is -4.18. The van der Waals surface area contributed by atoms with Crippen LogP contribution in [0.5, 0.6) is 0 Å². The molecule has 1 aromatic heterocycles. The summed E-state index contributed by atoms with van der Waals surface area (Å²) in [5.74, 6) is -2.57. The second kappa shape index (κ2) is 11.8. The summed E-state index contributed by atoms with van der Waals surface area (Å²) in [5.41, 5.74) is 1.60. The van der Waals surface area contributed by atoms with Crippen LogP contribution in [-0.4, -0.2) is 23.6 Å². The van der Waals surface area contributed by atoms with Crippen molar-refractivity contribution in [3.05, 3.63) is 131 Å². The van der Waals surface area contributed by atoms with Gasteiger partial charge < -0.3 is 5.32 Å². The van der Waals surface area contributed by atoms with E-state index in [1.54, 1.807) is 30.6 Å². The number of carbonyl (C=O) groups excluding carboxylic acids is 1. The molecule has 0 spiro atoms. The highest BCUT2D eigenvalue weighted by Crippen LogP contribution is 2.24. The zero-order valence-electron chi connectivity index (χ0n) is 19.9. The van der Waals surface area contributed by atoms with Crippen LogP contribution in [0.1, 0.15) is 16.7 Å². The highest BCUT2D eigenvalue weighted by molar-refractivity contribution is 7.89. The second-order valence-corrected chi connectivity index (χ2v) is 10.2. The third kappa shape index (κ3) is 6.93. The molecular weight excluding hydrogens is 515 g/mol. The van der Waals surface area contributed by atoms with Crippen LogP contribution in [0, 0.1) is 17.5 Å². The predicted octanol–water partition coefficient (Wildman–Crippen LogP) is 5.54. The molecule has 194 valence electrons. The third-order valence-electron chi connectivity index (χ3n) is 5.53. The average molecular weight is 538 g/mol. The molecule has 0 aliphatic rings. The molecule has 3 aromatic carbocycles. The van der Waals surface area contributed by atoms with Gasteiger partial charge in [0.2, 0.25) is 15.9 Å². The molecule has 0 fully saturated rings. The van der Waals surface area contributed by atoms with E-state index in [0.717, 1.165) is 15.9 Å². The van der Waals surface area contributed by atoms with E-state index >= 15 is 0 Å². The molecule has 38 heavy (non-hydrogen) atoms. The molecule has 0 atom stereocenters. The van der Waals surface area contributed by atoms with Crippen LogP contribution in [0.3, 0.4) is 0 Å². The molecule has 4 rings (SSSR count). The average Bonchev–Trinajstić information content (AvgIpc) is 2.90. The van der Waals surface area contributed by atoms with Gasteiger partial charge in [-0.05, 0) is 71.8 Å². The first kappa shape index (κ1) is 26.8. The van der Waals surface area contributed by atoms with Crippen LogP contribution < -0.4 is 5.32 Å². The van der Waals surface area contributed by atoms with E-state index in [4.69, 9.17) is 0 Å². The number of nitrogens with zero attached hydrogens (tertiary/aromatic N) is 2. The first-order valence-electron chi connectivity index (χ1n) is 11.4. The highest BCUT2D eigenvalue weighted by atomic mass is 32.2. The first-order chi connectivity index (χ1) is 18.2. The molecule has 1 heterocycles. The van der Waals surface area contributed by atoms with Gasteiger partial charge in [0.15, 0.2) is 0 Å². The number of benzene rings is 3. The molecule has 0 saturated carbocycles. The van der Waals surface area contributed by atoms with Crippen molar-refractivity contribution in [2.75, 3.05) is 5.32 Å². The minimum atomic E-state index is -4.18. The van der Waals surface area contributed by atoms with Crippen molar-refractivity contribution in [1.29, 1.82) is 0 Å². The molecule has 1 N–H and O–H groups in total. The molecular formula is C28H22F3N3O3S. The lowest BCUT2D eigenvalue weighted by Gasteiger charge is -2.23. The summed E-state index contributed by atoms with van der Waals surface area (Å²) >= 11 is 0. The van der Waals surface area contributed by atoms with Crippen molar-refractivity contribution in [1.82, 2.24) is 9.29 Å². The summed E-state index contributed by atoms with van der Waals surface area (Å²) in [4.78, 5) is 16.0. The van der Waals surface area contributed by atoms with E-state index in [1.807, 2.05) is 0 Å². The van der Waals surface area contributed by atoms with Gasteiger partial charge in [-0.2, -0.15) is 4.31 Å². The SMILES string of the molecule is O=C(/C=C/c1ccncc1)Nc1ccc(S(=O)(=O)N(Cc2ccc(F)cc2)Cc2ccc(F)cc2F)cc1. The number of carbonyl (C=O) groups is 1. The van der Waals surface area contributed by atoms with Crippen molar-refractivity contribution in [2.24, 2.45) is 0 Å². The molecule has 0 aliphatic carbocycles. The molecule has 6 nitrogen and oxygen atoms in total. The summed E-state index contributed by atoms with van der Waals surface area (Å²) < 4.78 is 69.2. The van der Waals surface area contributed by atoms with Gasteiger partial charge in [-0.3, -0.25) is 9.78 Å². The Kier molecular flexibility index (Phi) is 8.35. The van der Waals surface area contributed by atoms with Gasteiger partial charge in [-0.1, -0.05) is 18.2 Å². The predicted molar refractivity (Wildman–Crippen MR) is 138 cm³/mol. The number of anilines is 1. The maximum absolute atomic E-state index is 14.4. The Morgan fingerprint density at radius 1 is 0.842 bits per heavy atom. The Balaban J connectivity index is 1.55. The number of pyridine rings is 1. The number of amides is 1. The van der Waals surface area contributed by atoms with Crippen LogP contribution in [0.15, 0.2) is 102 Å².